The maximum Gasteiger partial charge on any atom is 0.323 e. The second-order valence-electron chi connectivity index (χ2n) is 6.41. The van der Waals surface area contributed by atoms with Gasteiger partial charge in [0.15, 0.2) is 0 Å². The van der Waals surface area contributed by atoms with Gasteiger partial charge >= 0.3 is 12.0 Å². The Morgan fingerprint density at radius 3 is 2.29 bits per heavy atom. The third-order valence-electron chi connectivity index (χ3n) is 4.05. The lowest BCUT2D eigenvalue weighted by Crippen LogP contribution is -2.49. The molecule has 0 unspecified atom stereocenters. The number of urea groups is 1. The lowest BCUT2D eigenvalue weighted by molar-refractivity contribution is -0.137. The van der Waals surface area contributed by atoms with Gasteiger partial charge < -0.3 is 14.9 Å². The molecule has 5 heteroatoms. The summed E-state index contributed by atoms with van der Waals surface area (Å²) in [6.45, 7) is 7.32. The van der Waals surface area contributed by atoms with Crippen molar-refractivity contribution in [2.75, 3.05) is 19.6 Å². The molecule has 1 saturated carbocycles. The number of rotatable bonds is 8. The Bertz CT molecular complexity index is 338. The molecule has 1 aliphatic rings. The van der Waals surface area contributed by atoms with E-state index in [4.69, 9.17) is 5.11 Å². The van der Waals surface area contributed by atoms with E-state index in [1.54, 1.807) is 0 Å². The standard InChI is InChI=1S/C16H30N2O3/c1-4-10-17(12-15(19)20)16(21)18(11-9-13(2)3)14-7-5-6-8-14/h13-14H,4-12H2,1-3H3,(H,19,20). The number of carboxylic acid groups (broad SMARTS) is 1. The summed E-state index contributed by atoms with van der Waals surface area (Å²) in [4.78, 5) is 27.2. The minimum absolute atomic E-state index is 0.0909. The van der Waals surface area contributed by atoms with E-state index in [9.17, 15) is 9.59 Å². The molecule has 1 N–H and O–H groups in total. The molecule has 0 saturated heterocycles. The first-order valence-corrected chi connectivity index (χ1v) is 8.23. The highest BCUT2D eigenvalue weighted by atomic mass is 16.4. The molecule has 0 aliphatic heterocycles. The van der Waals surface area contributed by atoms with Gasteiger partial charge in [0.1, 0.15) is 6.54 Å². The smallest absolute Gasteiger partial charge is 0.323 e. The molecule has 1 rings (SSSR count). The van der Waals surface area contributed by atoms with Crippen molar-refractivity contribution in [2.45, 2.75) is 65.3 Å². The number of hydrogen-bond acceptors (Lipinski definition) is 2. The minimum Gasteiger partial charge on any atom is -0.480 e. The zero-order valence-electron chi connectivity index (χ0n) is 13.7. The predicted octanol–water partition coefficient (Wildman–Crippen LogP) is 3.19. The summed E-state index contributed by atoms with van der Waals surface area (Å²) in [5, 5.41) is 9.01. The summed E-state index contributed by atoms with van der Waals surface area (Å²) in [6.07, 6.45) is 6.19. The number of nitrogens with zero attached hydrogens (tertiary/aromatic N) is 2. The van der Waals surface area contributed by atoms with E-state index in [1.807, 2.05) is 11.8 Å². The highest BCUT2D eigenvalue weighted by Crippen LogP contribution is 2.25. The quantitative estimate of drug-likeness (QED) is 0.748. The SMILES string of the molecule is CCCN(CC(=O)O)C(=O)N(CCC(C)C)C1CCCC1. The fourth-order valence-electron chi connectivity index (χ4n) is 2.90. The van der Waals surface area contributed by atoms with Crippen LogP contribution in [0, 0.1) is 5.92 Å². The highest BCUT2D eigenvalue weighted by molar-refractivity contribution is 5.80. The molecule has 0 bridgehead atoms. The first-order chi connectivity index (χ1) is 9.95. The normalized spacial score (nSPS) is 15.4. The Balaban J connectivity index is 2.76. The van der Waals surface area contributed by atoms with Crippen LogP contribution in [0.4, 0.5) is 4.79 Å². The van der Waals surface area contributed by atoms with Crippen molar-refractivity contribution in [3.05, 3.63) is 0 Å². The van der Waals surface area contributed by atoms with Crippen molar-refractivity contribution in [1.29, 1.82) is 0 Å². The van der Waals surface area contributed by atoms with Crippen molar-refractivity contribution >= 4 is 12.0 Å². The summed E-state index contributed by atoms with van der Waals surface area (Å²) in [6, 6.07) is 0.205. The molecule has 122 valence electrons. The first-order valence-electron chi connectivity index (χ1n) is 8.23. The molecule has 0 aromatic carbocycles. The molecule has 1 aliphatic carbocycles. The summed E-state index contributed by atoms with van der Waals surface area (Å²) in [5.74, 6) is -0.396. The largest absolute Gasteiger partial charge is 0.480 e. The number of carbonyl (C=O) groups excluding carboxylic acids is 1. The summed E-state index contributed by atoms with van der Waals surface area (Å²) in [5.41, 5.74) is 0. The number of carboxylic acids is 1. The summed E-state index contributed by atoms with van der Waals surface area (Å²) < 4.78 is 0. The van der Waals surface area contributed by atoms with Crippen LogP contribution in [-0.4, -0.2) is 52.6 Å². The zero-order valence-corrected chi connectivity index (χ0v) is 13.7. The maximum atomic E-state index is 12.8. The van der Waals surface area contributed by atoms with Gasteiger partial charge in [0, 0.05) is 19.1 Å². The van der Waals surface area contributed by atoms with Gasteiger partial charge in [-0.25, -0.2) is 4.79 Å². The second kappa shape index (κ2) is 8.90. The van der Waals surface area contributed by atoms with Crippen molar-refractivity contribution in [1.82, 2.24) is 9.80 Å². The van der Waals surface area contributed by atoms with Gasteiger partial charge in [-0.05, 0) is 31.6 Å². The third-order valence-corrected chi connectivity index (χ3v) is 4.05. The Hall–Kier alpha value is -1.26. The van der Waals surface area contributed by atoms with Gasteiger partial charge in [0.05, 0.1) is 0 Å². The van der Waals surface area contributed by atoms with Crippen LogP contribution in [0.25, 0.3) is 0 Å². The van der Waals surface area contributed by atoms with Crippen molar-refractivity contribution < 1.29 is 14.7 Å². The fraction of sp³-hybridized carbons (Fsp3) is 0.875. The number of amides is 2. The lowest BCUT2D eigenvalue weighted by Gasteiger charge is -2.34. The van der Waals surface area contributed by atoms with Crippen LogP contribution in [0.5, 0.6) is 0 Å². The molecule has 0 radical (unpaired) electrons. The molecule has 0 spiro atoms. The maximum absolute atomic E-state index is 12.8. The van der Waals surface area contributed by atoms with E-state index >= 15 is 0 Å². The monoisotopic (exact) mass is 298 g/mol. The molecule has 2 amide bonds. The van der Waals surface area contributed by atoms with Crippen LogP contribution in [0.2, 0.25) is 0 Å². The van der Waals surface area contributed by atoms with E-state index < -0.39 is 5.97 Å². The van der Waals surface area contributed by atoms with Crippen LogP contribution in [0.1, 0.15) is 59.3 Å². The Labute approximate surface area is 128 Å². The van der Waals surface area contributed by atoms with Gasteiger partial charge in [-0.15, -0.1) is 0 Å². The van der Waals surface area contributed by atoms with E-state index in [0.29, 0.717) is 18.5 Å². The first kappa shape index (κ1) is 17.8. The molecule has 0 atom stereocenters. The lowest BCUT2D eigenvalue weighted by atomic mass is 10.1. The highest BCUT2D eigenvalue weighted by Gasteiger charge is 2.30. The number of hydrogen-bond donors (Lipinski definition) is 1. The van der Waals surface area contributed by atoms with E-state index in [-0.39, 0.29) is 12.6 Å². The van der Waals surface area contributed by atoms with Gasteiger partial charge in [0.2, 0.25) is 0 Å². The van der Waals surface area contributed by atoms with Gasteiger partial charge in [0.25, 0.3) is 0 Å². The Morgan fingerprint density at radius 1 is 1.19 bits per heavy atom. The van der Waals surface area contributed by atoms with E-state index in [2.05, 4.69) is 13.8 Å². The van der Waals surface area contributed by atoms with Gasteiger partial charge in [-0.2, -0.15) is 0 Å². The molecule has 0 heterocycles. The number of aliphatic carboxylic acids is 1. The van der Waals surface area contributed by atoms with Crippen molar-refractivity contribution in [2.24, 2.45) is 5.92 Å². The average molecular weight is 298 g/mol. The van der Waals surface area contributed by atoms with Crippen LogP contribution < -0.4 is 0 Å². The minimum atomic E-state index is -0.938. The molecule has 0 aromatic heterocycles. The van der Waals surface area contributed by atoms with Crippen molar-refractivity contribution in [3.63, 3.8) is 0 Å². The Morgan fingerprint density at radius 2 is 1.81 bits per heavy atom. The number of carbonyl (C=O) groups is 2. The molecular formula is C16H30N2O3. The van der Waals surface area contributed by atoms with Crippen molar-refractivity contribution in [3.8, 4) is 0 Å². The molecule has 21 heavy (non-hydrogen) atoms. The van der Waals surface area contributed by atoms with Gasteiger partial charge in [-0.1, -0.05) is 33.6 Å². The zero-order chi connectivity index (χ0) is 15.8. The van der Waals surface area contributed by atoms with Crippen LogP contribution in [0.15, 0.2) is 0 Å². The van der Waals surface area contributed by atoms with Crippen LogP contribution in [-0.2, 0) is 4.79 Å². The molecular weight excluding hydrogens is 268 g/mol. The molecule has 0 aromatic rings. The summed E-state index contributed by atoms with van der Waals surface area (Å²) >= 11 is 0. The average Bonchev–Trinajstić information content (AvgIpc) is 2.91. The Kier molecular flexibility index (Phi) is 7.54. The summed E-state index contributed by atoms with van der Waals surface area (Å²) in [7, 11) is 0. The van der Waals surface area contributed by atoms with E-state index in [1.165, 1.54) is 17.7 Å². The van der Waals surface area contributed by atoms with Crippen LogP contribution in [0.3, 0.4) is 0 Å². The van der Waals surface area contributed by atoms with Crippen LogP contribution >= 0.6 is 0 Å². The fourth-order valence-corrected chi connectivity index (χ4v) is 2.90. The predicted molar refractivity (Wildman–Crippen MR) is 83.3 cm³/mol. The van der Waals surface area contributed by atoms with E-state index in [0.717, 1.165) is 32.2 Å². The second-order valence-corrected chi connectivity index (χ2v) is 6.41. The third kappa shape index (κ3) is 5.94. The topological polar surface area (TPSA) is 60.9 Å². The van der Waals surface area contributed by atoms with Gasteiger partial charge in [-0.3, -0.25) is 4.79 Å². The molecule has 5 nitrogen and oxygen atoms in total. The molecule has 1 fully saturated rings.